The summed E-state index contributed by atoms with van der Waals surface area (Å²) in [5, 5.41) is 0.996. The molecule has 2 amide bonds. The van der Waals surface area contributed by atoms with E-state index in [9.17, 15) is 9.59 Å². The number of pyridine rings is 1. The minimum atomic E-state index is -0.169. The third-order valence-corrected chi connectivity index (χ3v) is 2.86. The maximum atomic E-state index is 11.6. The lowest BCUT2D eigenvalue weighted by molar-refractivity contribution is -0.121. The molecule has 17 heavy (non-hydrogen) atoms. The Labute approximate surface area is 97.9 Å². The van der Waals surface area contributed by atoms with E-state index in [1.54, 1.807) is 6.07 Å². The minimum Gasteiger partial charge on any atom is -0.274 e. The van der Waals surface area contributed by atoms with Crippen molar-refractivity contribution in [2.45, 2.75) is 12.8 Å². The molecule has 1 fully saturated rings. The predicted octanol–water partition coefficient (Wildman–Crippen LogP) is 1.89. The van der Waals surface area contributed by atoms with E-state index in [1.165, 1.54) is 4.90 Å². The predicted molar refractivity (Wildman–Crippen MR) is 63.5 cm³/mol. The van der Waals surface area contributed by atoms with Gasteiger partial charge in [0.05, 0.1) is 5.52 Å². The molecule has 1 aromatic carbocycles. The first-order chi connectivity index (χ1) is 8.25. The number of nitrogens with zero attached hydrogens (tertiary/aromatic N) is 2. The van der Waals surface area contributed by atoms with Crippen LogP contribution in [0.3, 0.4) is 0 Å². The molecule has 3 rings (SSSR count). The van der Waals surface area contributed by atoms with Crippen molar-refractivity contribution in [3.63, 3.8) is 0 Å². The quantitative estimate of drug-likeness (QED) is 0.698. The molecule has 0 atom stereocenters. The maximum absolute atomic E-state index is 11.6. The fraction of sp³-hybridized carbons (Fsp3) is 0.154. The van der Waals surface area contributed by atoms with E-state index in [4.69, 9.17) is 0 Å². The number of rotatable bonds is 1. The maximum Gasteiger partial charge on any atom is 0.235 e. The average molecular weight is 226 g/mol. The molecule has 4 nitrogen and oxygen atoms in total. The third-order valence-electron chi connectivity index (χ3n) is 2.86. The van der Waals surface area contributed by atoms with Gasteiger partial charge in [0, 0.05) is 18.2 Å². The van der Waals surface area contributed by atoms with Crippen LogP contribution in [0.1, 0.15) is 12.8 Å². The summed E-state index contributed by atoms with van der Waals surface area (Å²) in [6.45, 7) is 0. The number of carbonyl (C=O) groups excluding carboxylic acids is 2. The number of para-hydroxylation sites is 1. The minimum absolute atomic E-state index is 0.169. The van der Waals surface area contributed by atoms with Crippen molar-refractivity contribution < 1.29 is 9.59 Å². The fourth-order valence-electron chi connectivity index (χ4n) is 2.01. The van der Waals surface area contributed by atoms with Gasteiger partial charge >= 0.3 is 0 Å². The number of hydrogen-bond donors (Lipinski definition) is 0. The molecule has 1 aliphatic rings. The first-order valence-electron chi connectivity index (χ1n) is 5.47. The van der Waals surface area contributed by atoms with Crippen molar-refractivity contribution in [3.8, 4) is 0 Å². The van der Waals surface area contributed by atoms with Crippen molar-refractivity contribution in [2.24, 2.45) is 0 Å². The van der Waals surface area contributed by atoms with Gasteiger partial charge in [0.2, 0.25) is 11.8 Å². The molecule has 0 N–H and O–H groups in total. The Kier molecular flexibility index (Phi) is 2.14. The highest BCUT2D eigenvalue weighted by atomic mass is 16.2. The summed E-state index contributed by atoms with van der Waals surface area (Å²) in [6, 6.07) is 11.2. The van der Waals surface area contributed by atoms with Gasteiger partial charge < -0.3 is 0 Å². The average Bonchev–Trinajstić information content (AvgIpc) is 2.68. The highest BCUT2D eigenvalue weighted by Gasteiger charge is 2.31. The largest absolute Gasteiger partial charge is 0.274 e. The van der Waals surface area contributed by atoms with Gasteiger partial charge in [0.25, 0.3) is 0 Å². The zero-order valence-corrected chi connectivity index (χ0v) is 9.09. The summed E-state index contributed by atoms with van der Waals surface area (Å²) >= 11 is 0. The molecule has 0 unspecified atom stereocenters. The van der Waals surface area contributed by atoms with Gasteiger partial charge in [-0.2, -0.15) is 0 Å². The Morgan fingerprint density at radius 3 is 2.41 bits per heavy atom. The smallest absolute Gasteiger partial charge is 0.235 e. The van der Waals surface area contributed by atoms with Gasteiger partial charge in [-0.3, -0.25) is 9.59 Å². The second-order valence-corrected chi connectivity index (χ2v) is 3.99. The summed E-state index contributed by atoms with van der Waals surface area (Å²) in [6.07, 6.45) is 0.570. The Bertz CT molecular complexity index is 606. The van der Waals surface area contributed by atoms with Crippen LogP contribution in [-0.4, -0.2) is 16.8 Å². The topological polar surface area (TPSA) is 50.3 Å². The van der Waals surface area contributed by atoms with Crippen LogP contribution < -0.4 is 4.90 Å². The van der Waals surface area contributed by atoms with Crippen molar-refractivity contribution in [2.75, 3.05) is 4.90 Å². The van der Waals surface area contributed by atoms with E-state index in [1.807, 2.05) is 30.3 Å². The number of amides is 2. The monoisotopic (exact) mass is 226 g/mol. The molecule has 2 aromatic rings. The summed E-state index contributed by atoms with van der Waals surface area (Å²) in [5.74, 6) is 0.0896. The van der Waals surface area contributed by atoms with E-state index in [0.29, 0.717) is 5.82 Å². The zero-order chi connectivity index (χ0) is 11.8. The lowest BCUT2D eigenvalue weighted by atomic mass is 10.2. The van der Waals surface area contributed by atoms with Gasteiger partial charge in [0.15, 0.2) is 0 Å². The van der Waals surface area contributed by atoms with Gasteiger partial charge in [0.1, 0.15) is 5.82 Å². The van der Waals surface area contributed by atoms with Gasteiger partial charge in [-0.1, -0.05) is 18.2 Å². The second kappa shape index (κ2) is 3.66. The first kappa shape index (κ1) is 9.96. The molecule has 0 radical (unpaired) electrons. The van der Waals surface area contributed by atoms with Crippen LogP contribution in [0.25, 0.3) is 10.9 Å². The second-order valence-electron chi connectivity index (χ2n) is 3.99. The Morgan fingerprint density at radius 2 is 1.65 bits per heavy atom. The normalized spacial score (nSPS) is 15.9. The van der Waals surface area contributed by atoms with E-state index in [2.05, 4.69) is 4.98 Å². The zero-order valence-electron chi connectivity index (χ0n) is 9.09. The molecular formula is C13H10N2O2. The van der Waals surface area contributed by atoms with Crippen LogP contribution in [0.15, 0.2) is 36.4 Å². The molecule has 0 aliphatic carbocycles. The van der Waals surface area contributed by atoms with Crippen molar-refractivity contribution in [1.29, 1.82) is 0 Å². The standard InChI is InChI=1S/C13H10N2O2/c16-12-7-8-13(17)15(12)11-6-5-9-3-1-2-4-10(9)14-11/h1-6H,7-8H2. The van der Waals surface area contributed by atoms with Crippen LogP contribution in [0, 0.1) is 0 Å². The molecule has 0 bridgehead atoms. The number of fused-ring (bicyclic) bond motifs is 1. The molecule has 1 saturated heterocycles. The number of imide groups is 1. The van der Waals surface area contributed by atoms with Crippen LogP contribution in [0.4, 0.5) is 5.82 Å². The third kappa shape index (κ3) is 1.58. The Morgan fingerprint density at radius 1 is 0.941 bits per heavy atom. The summed E-state index contributed by atoms with van der Waals surface area (Å²) in [5.41, 5.74) is 0.789. The summed E-state index contributed by atoms with van der Waals surface area (Å²) < 4.78 is 0. The molecule has 0 spiro atoms. The van der Waals surface area contributed by atoms with Crippen LogP contribution in [0.2, 0.25) is 0 Å². The Balaban J connectivity index is 2.12. The highest BCUT2D eigenvalue weighted by Crippen LogP contribution is 2.23. The van der Waals surface area contributed by atoms with Crippen LogP contribution in [0.5, 0.6) is 0 Å². The van der Waals surface area contributed by atoms with Crippen molar-refractivity contribution in [3.05, 3.63) is 36.4 Å². The van der Waals surface area contributed by atoms with E-state index in [-0.39, 0.29) is 24.7 Å². The summed E-state index contributed by atoms with van der Waals surface area (Å²) in [4.78, 5) is 28.7. The molecule has 1 aliphatic heterocycles. The van der Waals surface area contributed by atoms with Crippen molar-refractivity contribution in [1.82, 2.24) is 4.98 Å². The first-order valence-corrected chi connectivity index (χ1v) is 5.47. The molecule has 84 valence electrons. The SMILES string of the molecule is O=C1CCC(=O)N1c1ccc2ccccc2n1. The lowest BCUT2D eigenvalue weighted by Gasteiger charge is -2.12. The molecule has 4 heteroatoms. The van der Waals surface area contributed by atoms with E-state index < -0.39 is 0 Å². The molecule has 2 heterocycles. The number of carbonyl (C=O) groups is 2. The number of aromatic nitrogens is 1. The summed E-state index contributed by atoms with van der Waals surface area (Å²) in [7, 11) is 0. The number of benzene rings is 1. The van der Waals surface area contributed by atoms with Crippen LogP contribution in [-0.2, 0) is 9.59 Å². The van der Waals surface area contributed by atoms with Crippen molar-refractivity contribution >= 4 is 28.5 Å². The number of hydrogen-bond acceptors (Lipinski definition) is 3. The highest BCUT2D eigenvalue weighted by molar-refractivity contribution is 6.19. The molecule has 1 aromatic heterocycles. The van der Waals surface area contributed by atoms with E-state index >= 15 is 0 Å². The number of anilines is 1. The van der Waals surface area contributed by atoms with E-state index in [0.717, 1.165) is 10.9 Å². The molecular weight excluding hydrogens is 216 g/mol. The van der Waals surface area contributed by atoms with Gasteiger partial charge in [-0.15, -0.1) is 0 Å². The van der Waals surface area contributed by atoms with Gasteiger partial charge in [-0.05, 0) is 18.2 Å². The molecule has 0 saturated carbocycles. The fourth-order valence-corrected chi connectivity index (χ4v) is 2.01. The lowest BCUT2D eigenvalue weighted by Crippen LogP contribution is -2.29. The Hall–Kier alpha value is -2.23. The van der Waals surface area contributed by atoms with Crippen LogP contribution >= 0.6 is 0 Å². The van der Waals surface area contributed by atoms with Gasteiger partial charge in [-0.25, -0.2) is 9.88 Å².